The van der Waals surface area contributed by atoms with Gasteiger partial charge >= 0.3 is 0 Å². The summed E-state index contributed by atoms with van der Waals surface area (Å²) in [6.07, 6.45) is 0.542. The Hall–Kier alpha value is -1.43. The predicted octanol–water partition coefficient (Wildman–Crippen LogP) is 0.410. The highest BCUT2D eigenvalue weighted by molar-refractivity contribution is 5.82. The minimum atomic E-state index is -0.519. The first-order valence-electron chi connectivity index (χ1n) is 5.63. The highest BCUT2D eigenvalue weighted by Gasteiger charge is 2.26. The highest BCUT2D eigenvalue weighted by Crippen LogP contribution is 2.16. The van der Waals surface area contributed by atoms with Gasteiger partial charge in [-0.25, -0.2) is 0 Å². The van der Waals surface area contributed by atoms with Crippen molar-refractivity contribution in [2.75, 3.05) is 6.54 Å². The Morgan fingerprint density at radius 3 is 2.65 bits per heavy atom. The molecule has 0 unspecified atom stereocenters. The number of nitrogens with zero attached hydrogens (tertiary/aromatic N) is 2. The lowest BCUT2D eigenvalue weighted by molar-refractivity contribution is -0.124. The van der Waals surface area contributed by atoms with Crippen molar-refractivity contribution in [2.45, 2.75) is 40.2 Å². The second-order valence-corrected chi connectivity index (χ2v) is 5.11. The van der Waals surface area contributed by atoms with E-state index in [4.69, 9.17) is 10.3 Å². The van der Waals surface area contributed by atoms with Gasteiger partial charge in [0.05, 0.1) is 6.04 Å². The summed E-state index contributed by atoms with van der Waals surface area (Å²) in [5, 5.41) is 6.50. The molecule has 17 heavy (non-hydrogen) atoms. The molecule has 0 aliphatic rings. The van der Waals surface area contributed by atoms with Crippen molar-refractivity contribution in [1.82, 2.24) is 15.5 Å². The molecule has 0 aliphatic heterocycles. The standard InChI is InChI=1S/C11H20N4O2/c1-7-14-8(15-17-7)5-6-13-10(16)9(12)11(2,3)4/h9H,5-6,12H2,1-4H3,(H,13,16)/t9-/m0/s1. The molecule has 0 fully saturated rings. The van der Waals surface area contributed by atoms with E-state index in [0.29, 0.717) is 24.7 Å². The van der Waals surface area contributed by atoms with Crippen molar-refractivity contribution in [3.8, 4) is 0 Å². The Morgan fingerprint density at radius 2 is 2.18 bits per heavy atom. The van der Waals surface area contributed by atoms with Crippen molar-refractivity contribution in [1.29, 1.82) is 0 Å². The summed E-state index contributed by atoms with van der Waals surface area (Å²) in [4.78, 5) is 15.7. The van der Waals surface area contributed by atoms with Crippen LogP contribution in [-0.4, -0.2) is 28.6 Å². The number of carbonyl (C=O) groups is 1. The van der Waals surface area contributed by atoms with Crippen LogP contribution in [0.2, 0.25) is 0 Å². The third kappa shape index (κ3) is 4.14. The van der Waals surface area contributed by atoms with E-state index in [-0.39, 0.29) is 11.3 Å². The predicted molar refractivity (Wildman–Crippen MR) is 63.2 cm³/mol. The summed E-state index contributed by atoms with van der Waals surface area (Å²) >= 11 is 0. The molecule has 0 saturated carbocycles. The topological polar surface area (TPSA) is 94.0 Å². The lowest BCUT2D eigenvalue weighted by Gasteiger charge is -2.25. The summed E-state index contributed by atoms with van der Waals surface area (Å²) in [7, 11) is 0. The Bertz CT molecular complexity index is 381. The molecule has 6 nitrogen and oxygen atoms in total. The third-order valence-electron chi connectivity index (χ3n) is 2.43. The van der Waals surface area contributed by atoms with Gasteiger partial charge in [0.2, 0.25) is 11.8 Å². The van der Waals surface area contributed by atoms with Gasteiger partial charge in [-0.1, -0.05) is 25.9 Å². The zero-order valence-electron chi connectivity index (χ0n) is 10.8. The SMILES string of the molecule is Cc1nc(CCNC(=O)[C@H](N)C(C)(C)C)no1. The van der Waals surface area contributed by atoms with Crippen LogP contribution in [0.3, 0.4) is 0 Å². The van der Waals surface area contributed by atoms with Crippen LogP contribution in [0.5, 0.6) is 0 Å². The number of hydrogen-bond acceptors (Lipinski definition) is 5. The molecule has 0 saturated heterocycles. The van der Waals surface area contributed by atoms with Gasteiger partial charge in [-0.05, 0) is 5.41 Å². The number of aryl methyl sites for hydroxylation is 1. The molecule has 0 aromatic carbocycles. The maximum Gasteiger partial charge on any atom is 0.237 e. The molecule has 1 rings (SSSR count). The van der Waals surface area contributed by atoms with Crippen LogP contribution < -0.4 is 11.1 Å². The van der Waals surface area contributed by atoms with Gasteiger partial charge in [-0.2, -0.15) is 4.98 Å². The summed E-state index contributed by atoms with van der Waals surface area (Å²) in [5.74, 6) is 0.961. The fourth-order valence-electron chi connectivity index (χ4n) is 1.24. The Kier molecular flexibility index (Phi) is 4.22. The van der Waals surface area contributed by atoms with Gasteiger partial charge in [0.15, 0.2) is 5.82 Å². The molecular formula is C11H20N4O2. The summed E-state index contributed by atoms with van der Waals surface area (Å²) in [6.45, 7) is 7.98. The molecule has 1 heterocycles. The van der Waals surface area contributed by atoms with Gasteiger partial charge in [0.1, 0.15) is 0 Å². The van der Waals surface area contributed by atoms with Gasteiger partial charge in [-0.15, -0.1) is 0 Å². The van der Waals surface area contributed by atoms with Crippen molar-refractivity contribution in [3.05, 3.63) is 11.7 Å². The molecule has 0 radical (unpaired) electrons. The first kappa shape index (κ1) is 13.6. The first-order chi connectivity index (χ1) is 7.80. The zero-order valence-corrected chi connectivity index (χ0v) is 10.8. The average molecular weight is 240 g/mol. The van der Waals surface area contributed by atoms with Gasteiger partial charge in [0.25, 0.3) is 0 Å². The molecular weight excluding hydrogens is 220 g/mol. The minimum Gasteiger partial charge on any atom is -0.354 e. The summed E-state index contributed by atoms with van der Waals surface area (Å²) in [6, 6.07) is -0.519. The fourth-order valence-corrected chi connectivity index (χ4v) is 1.24. The molecule has 0 aliphatic carbocycles. The molecule has 1 amide bonds. The van der Waals surface area contributed by atoms with E-state index in [1.807, 2.05) is 20.8 Å². The summed E-state index contributed by atoms with van der Waals surface area (Å²) < 4.78 is 4.83. The number of carbonyl (C=O) groups excluding carboxylic acids is 1. The van der Waals surface area contributed by atoms with E-state index in [9.17, 15) is 4.79 Å². The molecule has 6 heteroatoms. The second-order valence-electron chi connectivity index (χ2n) is 5.11. The smallest absolute Gasteiger partial charge is 0.237 e. The van der Waals surface area contributed by atoms with Crippen molar-refractivity contribution < 1.29 is 9.32 Å². The Balaban J connectivity index is 2.34. The normalized spacial score (nSPS) is 13.5. The number of aromatic nitrogens is 2. The number of hydrogen-bond donors (Lipinski definition) is 2. The maximum atomic E-state index is 11.7. The molecule has 96 valence electrons. The van der Waals surface area contributed by atoms with Crippen molar-refractivity contribution in [3.63, 3.8) is 0 Å². The highest BCUT2D eigenvalue weighted by atomic mass is 16.5. The van der Waals surface area contributed by atoms with E-state index < -0.39 is 6.04 Å². The fraction of sp³-hybridized carbons (Fsp3) is 0.727. The van der Waals surface area contributed by atoms with Crippen LogP contribution in [-0.2, 0) is 11.2 Å². The van der Waals surface area contributed by atoms with E-state index >= 15 is 0 Å². The van der Waals surface area contributed by atoms with Crippen molar-refractivity contribution in [2.24, 2.45) is 11.1 Å². The number of nitrogens with one attached hydrogen (secondary N) is 1. The monoisotopic (exact) mass is 240 g/mol. The van der Waals surface area contributed by atoms with Crippen LogP contribution in [0.1, 0.15) is 32.5 Å². The van der Waals surface area contributed by atoms with Crippen molar-refractivity contribution >= 4 is 5.91 Å². The van der Waals surface area contributed by atoms with E-state index in [1.54, 1.807) is 6.92 Å². The van der Waals surface area contributed by atoms with Crippen LogP contribution in [0.25, 0.3) is 0 Å². The number of amides is 1. The average Bonchev–Trinajstić information content (AvgIpc) is 2.61. The first-order valence-corrected chi connectivity index (χ1v) is 5.63. The largest absolute Gasteiger partial charge is 0.354 e. The van der Waals surface area contributed by atoms with Crippen LogP contribution in [0.15, 0.2) is 4.52 Å². The molecule has 3 N–H and O–H groups in total. The Labute approximate surface area is 101 Å². The van der Waals surface area contributed by atoms with Gasteiger partial charge in [-0.3, -0.25) is 4.79 Å². The second kappa shape index (κ2) is 5.27. The lowest BCUT2D eigenvalue weighted by Crippen LogP contribution is -2.49. The number of rotatable bonds is 4. The summed E-state index contributed by atoms with van der Waals surface area (Å²) in [5.41, 5.74) is 5.57. The van der Waals surface area contributed by atoms with Gasteiger partial charge < -0.3 is 15.6 Å². The van der Waals surface area contributed by atoms with E-state index in [0.717, 1.165) is 0 Å². The molecule has 0 spiro atoms. The van der Waals surface area contributed by atoms with Crippen LogP contribution in [0.4, 0.5) is 0 Å². The molecule has 0 bridgehead atoms. The molecule has 1 atom stereocenters. The molecule has 1 aromatic heterocycles. The lowest BCUT2D eigenvalue weighted by atomic mass is 9.87. The molecule has 1 aromatic rings. The quantitative estimate of drug-likeness (QED) is 0.795. The van der Waals surface area contributed by atoms with Crippen LogP contribution >= 0.6 is 0 Å². The van der Waals surface area contributed by atoms with E-state index in [2.05, 4.69) is 15.5 Å². The van der Waals surface area contributed by atoms with E-state index in [1.165, 1.54) is 0 Å². The minimum absolute atomic E-state index is 0.155. The third-order valence-corrected chi connectivity index (χ3v) is 2.43. The van der Waals surface area contributed by atoms with Gasteiger partial charge in [0, 0.05) is 19.9 Å². The Morgan fingerprint density at radius 1 is 1.53 bits per heavy atom. The van der Waals surface area contributed by atoms with Crippen LogP contribution in [0, 0.1) is 12.3 Å². The zero-order chi connectivity index (χ0) is 13.1. The maximum absolute atomic E-state index is 11.7. The number of nitrogens with two attached hydrogens (primary N) is 1.